The first-order valence-corrected chi connectivity index (χ1v) is 12.8. The molecule has 0 saturated carbocycles. The van der Waals surface area contributed by atoms with Crippen molar-refractivity contribution in [1.29, 1.82) is 5.26 Å². The molecule has 11 heteroatoms. The highest BCUT2D eigenvalue weighted by atomic mass is 16.5. The number of piperidine rings is 1. The fourth-order valence-electron chi connectivity index (χ4n) is 5.06. The Kier molecular flexibility index (Phi) is 7.15. The van der Waals surface area contributed by atoms with Crippen molar-refractivity contribution in [2.75, 3.05) is 53.9 Å². The Bertz CT molecular complexity index is 1400. The minimum absolute atomic E-state index is 0.0288. The fourth-order valence-corrected chi connectivity index (χ4v) is 5.06. The van der Waals surface area contributed by atoms with Crippen molar-refractivity contribution in [3.8, 4) is 22.9 Å². The lowest BCUT2D eigenvalue weighted by molar-refractivity contribution is -0.147. The summed E-state index contributed by atoms with van der Waals surface area (Å²) >= 11 is 0. The number of rotatable bonds is 7. The number of likely N-dealkylation sites (tertiary alicyclic amines) is 2. The average molecular weight is 517 g/mol. The minimum atomic E-state index is -0.109. The summed E-state index contributed by atoms with van der Waals surface area (Å²) in [5.74, 6) is 0.584. The first-order chi connectivity index (χ1) is 18.4. The number of aromatic nitrogens is 4. The van der Waals surface area contributed by atoms with Gasteiger partial charge in [-0.15, -0.1) is 0 Å². The van der Waals surface area contributed by atoms with Gasteiger partial charge in [-0.3, -0.25) is 14.3 Å². The molecule has 0 radical (unpaired) electrons. The zero-order chi connectivity index (χ0) is 26.8. The molecule has 5 heterocycles. The van der Waals surface area contributed by atoms with Gasteiger partial charge in [-0.25, -0.2) is 4.52 Å². The summed E-state index contributed by atoms with van der Waals surface area (Å²) < 4.78 is 9.15. The van der Waals surface area contributed by atoms with E-state index in [0.717, 1.165) is 24.0 Å². The van der Waals surface area contributed by atoms with Crippen LogP contribution in [0, 0.1) is 17.2 Å². The maximum absolute atomic E-state index is 13.0. The molecule has 3 aromatic heterocycles. The predicted molar refractivity (Wildman–Crippen MR) is 140 cm³/mol. The molecule has 2 aliphatic heterocycles. The van der Waals surface area contributed by atoms with E-state index < -0.39 is 0 Å². The Morgan fingerprint density at radius 1 is 1.13 bits per heavy atom. The van der Waals surface area contributed by atoms with E-state index in [1.165, 1.54) is 6.20 Å². The summed E-state index contributed by atoms with van der Waals surface area (Å²) in [6.45, 7) is 3.05. The van der Waals surface area contributed by atoms with E-state index in [4.69, 9.17) is 4.74 Å². The molecule has 0 aromatic carbocycles. The van der Waals surface area contributed by atoms with Crippen LogP contribution in [-0.4, -0.2) is 99.8 Å². The summed E-state index contributed by atoms with van der Waals surface area (Å²) in [7, 11) is 5.48. The van der Waals surface area contributed by atoms with Crippen LogP contribution < -0.4 is 4.74 Å². The van der Waals surface area contributed by atoms with Gasteiger partial charge in [0, 0.05) is 62.3 Å². The van der Waals surface area contributed by atoms with E-state index >= 15 is 0 Å². The Balaban J connectivity index is 1.16. The van der Waals surface area contributed by atoms with E-state index in [1.54, 1.807) is 22.6 Å². The second-order valence-corrected chi connectivity index (χ2v) is 10.1. The number of fused-ring (bicyclic) bond motifs is 1. The van der Waals surface area contributed by atoms with Crippen LogP contribution in [0.4, 0.5) is 0 Å². The van der Waals surface area contributed by atoms with Crippen molar-refractivity contribution >= 4 is 17.3 Å². The molecule has 0 bridgehead atoms. The number of carbonyl (C=O) groups is 2. The van der Waals surface area contributed by atoms with E-state index in [0.29, 0.717) is 49.6 Å². The SMILES string of the molecule is COc1cc(-c2cnn(C3CCN(C(=O)C4CN(C(=O)/C=C/CN(C)C)C4)CC3)c2)cn2ncc(C#N)c12. The third kappa shape index (κ3) is 4.99. The van der Waals surface area contributed by atoms with Gasteiger partial charge in [0.05, 0.1) is 31.5 Å². The van der Waals surface area contributed by atoms with Gasteiger partial charge in [-0.2, -0.15) is 15.5 Å². The van der Waals surface area contributed by atoms with Crippen LogP contribution in [0.3, 0.4) is 0 Å². The van der Waals surface area contributed by atoms with Gasteiger partial charge >= 0.3 is 0 Å². The molecule has 38 heavy (non-hydrogen) atoms. The standard InChI is InChI=1S/C27H32N8O3/c1-31(2)8-4-5-25(36)33-15-22(16-33)27(37)32-9-6-23(7-10-32)34-18-21(14-29-34)19-11-24(38-3)26-20(12-28)13-30-35(26)17-19/h4-5,11,13-14,17-18,22-23H,6-10,15-16H2,1-3H3/b5-4+. The molecule has 2 aliphatic rings. The van der Waals surface area contributed by atoms with E-state index in [9.17, 15) is 14.9 Å². The van der Waals surface area contributed by atoms with Gasteiger partial charge in [-0.05, 0) is 33.0 Å². The van der Waals surface area contributed by atoms with Crippen LogP contribution in [0.5, 0.6) is 5.75 Å². The number of methoxy groups -OCH3 is 1. The minimum Gasteiger partial charge on any atom is -0.494 e. The summed E-state index contributed by atoms with van der Waals surface area (Å²) in [4.78, 5) is 30.9. The van der Waals surface area contributed by atoms with Crippen LogP contribution >= 0.6 is 0 Å². The maximum atomic E-state index is 13.0. The molecular weight excluding hydrogens is 484 g/mol. The van der Waals surface area contributed by atoms with Crippen molar-refractivity contribution in [2.24, 2.45) is 5.92 Å². The van der Waals surface area contributed by atoms with Crippen molar-refractivity contribution < 1.29 is 14.3 Å². The summed E-state index contributed by atoms with van der Waals surface area (Å²) in [6.07, 6.45) is 12.3. The summed E-state index contributed by atoms with van der Waals surface area (Å²) in [5, 5.41) is 18.2. The molecule has 0 spiro atoms. The first-order valence-electron chi connectivity index (χ1n) is 12.8. The topological polar surface area (TPSA) is 112 Å². The van der Waals surface area contributed by atoms with Crippen molar-refractivity contribution in [2.45, 2.75) is 18.9 Å². The van der Waals surface area contributed by atoms with Crippen molar-refractivity contribution in [3.05, 3.63) is 48.6 Å². The van der Waals surface area contributed by atoms with E-state index in [2.05, 4.69) is 16.3 Å². The highest BCUT2D eigenvalue weighted by molar-refractivity contribution is 5.90. The Hall–Kier alpha value is -4.17. The Labute approximate surface area is 221 Å². The zero-order valence-corrected chi connectivity index (χ0v) is 21.9. The van der Waals surface area contributed by atoms with Gasteiger partial charge in [0.25, 0.3) is 0 Å². The van der Waals surface area contributed by atoms with Gasteiger partial charge in [0.15, 0.2) is 0 Å². The lowest BCUT2D eigenvalue weighted by Crippen LogP contribution is -2.57. The number of hydrogen-bond acceptors (Lipinski definition) is 7. The number of ether oxygens (including phenoxy) is 1. The summed E-state index contributed by atoms with van der Waals surface area (Å²) in [6, 6.07) is 4.24. The number of pyridine rings is 1. The lowest BCUT2D eigenvalue weighted by atomic mass is 9.96. The summed E-state index contributed by atoms with van der Waals surface area (Å²) in [5.41, 5.74) is 2.92. The van der Waals surface area contributed by atoms with E-state index in [1.807, 2.05) is 59.3 Å². The third-order valence-corrected chi connectivity index (χ3v) is 7.28. The maximum Gasteiger partial charge on any atom is 0.246 e. The number of likely N-dealkylation sites (N-methyl/N-ethyl adjacent to an activating group) is 1. The molecule has 11 nitrogen and oxygen atoms in total. The quantitative estimate of drug-likeness (QED) is 0.440. The molecule has 2 amide bonds. The largest absolute Gasteiger partial charge is 0.494 e. The van der Waals surface area contributed by atoms with Gasteiger partial charge < -0.3 is 19.4 Å². The molecule has 0 unspecified atom stereocenters. The van der Waals surface area contributed by atoms with Crippen LogP contribution in [0.1, 0.15) is 24.4 Å². The molecule has 198 valence electrons. The lowest BCUT2D eigenvalue weighted by Gasteiger charge is -2.41. The highest BCUT2D eigenvalue weighted by Gasteiger charge is 2.38. The second-order valence-electron chi connectivity index (χ2n) is 10.1. The second kappa shape index (κ2) is 10.7. The first kappa shape index (κ1) is 25.5. The van der Waals surface area contributed by atoms with Crippen LogP contribution in [0.25, 0.3) is 16.6 Å². The van der Waals surface area contributed by atoms with E-state index in [-0.39, 0.29) is 23.8 Å². The van der Waals surface area contributed by atoms with Crippen molar-refractivity contribution in [3.63, 3.8) is 0 Å². The molecule has 2 fully saturated rings. The predicted octanol–water partition coefficient (Wildman–Crippen LogP) is 1.82. The Morgan fingerprint density at radius 3 is 2.58 bits per heavy atom. The molecule has 0 aliphatic carbocycles. The Morgan fingerprint density at radius 2 is 1.89 bits per heavy atom. The number of carbonyl (C=O) groups excluding carboxylic acids is 2. The van der Waals surface area contributed by atoms with Gasteiger partial charge in [0.1, 0.15) is 22.9 Å². The number of amides is 2. The fraction of sp³-hybridized carbons (Fsp3) is 0.444. The smallest absolute Gasteiger partial charge is 0.246 e. The highest BCUT2D eigenvalue weighted by Crippen LogP contribution is 2.31. The third-order valence-electron chi connectivity index (χ3n) is 7.28. The number of hydrogen-bond donors (Lipinski definition) is 0. The molecule has 0 atom stereocenters. The molecule has 2 saturated heterocycles. The molecular formula is C27H32N8O3. The van der Waals surface area contributed by atoms with Gasteiger partial charge in [0.2, 0.25) is 11.8 Å². The molecule has 0 N–H and O–H groups in total. The van der Waals surface area contributed by atoms with Crippen LogP contribution in [0.2, 0.25) is 0 Å². The number of nitriles is 1. The molecule has 5 rings (SSSR count). The van der Waals surface area contributed by atoms with Crippen molar-refractivity contribution in [1.82, 2.24) is 34.1 Å². The van der Waals surface area contributed by atoms with Crippen LogP contribution in [-0.2, 0) is 9.59 Å². The van der Waals surface area contributed by atoms with Crippen LogP contribution in [0.15, 0.2) is 43.0 Å². The average Bonchev–Trinajstić information content (AvgIpc) is 3.54. The van der Waals surface area contributed by atoms with Gasteiger partial charge in [-0.1, -0.05) is 6.08 Å². The monoisotopic (exact) mass is 516 g/mol. The molecule has 3 aromatic rings. The zero-order valence-electron chi connectivity index (χ0n) is 21.9. The normalized spacial score (nSPS) is 16.8. The number of nitrogens with zero attached hydrogens (tertiary/aromatic N) is 8.